The number of hydrogen-bond acceptors (Lipinski definition) is 2. The van der Waals surface area contributed by atoms with Gasteiger partial charge in [0.05, 0.1) is 5.52 Å². The summed E-state index contributed by atoms with van der Waals surface area (Å²) in [7, 11) is 0. The van der Waals surface area contributed by atoms with Crippen molar-refractivity contribution in [3.05, 3.63) is 42.1 Å². The fraction of sp³-hybridized carbons (Fsp3) is 0.474. The van der Waals surface area contributed by atoms with Crippen LogP contribution in [0.2, 0.25) is 0 Å². The zero-order valence-corrected chi connectivity index (χ0v) is 16.6. The maximum atomic E-state index is 4.75. The van der Waals surface area contributed by atoms with E-state index in [0.717, 1.165) is 31.0 Å². The lowest BCUT2D eigenvalue weighted by Gasteiger charge is -2.16. The summed E-state index contributed by atoms with van der Waals surface area (Å²) in [6, 6.07) is 11.1. The molecule has 0 bridgehead atoms. The van der Waals surface area contributed by atoms with E-state index in [1.54, 1.807) is 0 Å². The van der Waals surface area contributed by atoms with Gasteiger partial charge in [0.15, 0.2) is 5.96 Å². The highest BCUT2D eigenvalue weighted by atomic mass is 127. The van der Waals surface area contributed by atoms with Crippen molar-refractivity contribution in [3.8, 4) is 0 Å². The molecule has 2 aromatic rings. The van der Waals surface area contributed by atoms with Gasteiger partial charge in [-0.3, -0.25) is 9.98 Å². The minimum atomic E-state index is 0. The van der Waals surface area contributed by atoms with Crippen molar-refractivity contribution < 1.29 is 0 Å². The molecule has 0 saturated heterocycles. The number of benzene rings is 1. The number of hydrogen-bond donors (Lipinski definition) is 2. The number of para-hydroxylation sites is 1. The lowest BCUT2D eigenvalue weighted by Crippen LogP contribution is -2.42. The third-order valence-electron chi connectivity index (χ3n) is 4.41. The smallest absolute Gasteiger partial charge is 0.191 e. The average Bonchev–Trinajstić information content (AvgIpc) is 3.08. The van der Waals surface area contributed by atoms with E-state index in [1.807, 2.05) is 12.3 Å². The molecule has 1 saturated carbocycles. The number of guanidine groups is 1. The maximum absolute atomic E-state index is 4.75. The molecule has 1 aromatic heterocycles. The third kappa shape index (κ3) is 5.06. The Hall–Kier alpha value is -1.37. The highest BCUT2D eigenvalue weighted by Crippen LogP contribution is 2.18. The molecular weight excluding hydrogens is 411 g/mol. The molecule has 4 nitrogen and oxygen atoms in total. The van der Waals surface area contributed by atoms with Crippen LogP contribution in [-0.4, -0.2) is 30.1 Å². The average molecular weight is 438 g/mol. The van der Waals surface area contributed by atoms with Gasteiger partial charge in [0.1, 0.15) is 0 Å². The Labute approximate surface area is 161 Å². The standard InChI is InChI=1S/C19H26N4.HI/c1-2-20-19(23-17-10-3-4-11-17)22-14-12-16-8-5-7-15-9-6-13-21-18(15)16;/h5-9,13,17H,2-4,10-12,14H2,1H3,(H2,20,22,23);1H. The molecule has 0 atom stereocenters. The minimum absolute atomic E-state index is 0. The minimum Gasteiger partial charge on any atom is -0.357 e. The summed E-state index contributed by atoms with van der Waals surface area (Å²) in [4.78, 5) is 9.26. The largest absolute Gasteiger partial charge is 0.357 e. The van der Waals surface area contributed by atoms with Crippen LogP contribution in [0.5, 0.6) is 0 Å². The van der Waals surface area contributed by atoms with Crippen LogP contribution in [0.1, 0.15) is 38.2 Å². The Morgan fingerprint density at radius 2 is 2.00 bits per heavy atom. The molecule has 0 radical (unpaired) electrons. The Balaban J connectivity index is 0.00000208. The first kappa shape index (κ1) is 19.0. The van der Waals surface area contributed by atoms with Crippen LogP contribution in [0.3, 0.4) is 0 Å². The van der Waals surface area contributed by atoms with Crippen LogP contribution in [0.4, 0.5) is 0 Å². The normalized spacial score (nSPS) is 15.3. The first-order valence-corrected chi connectivity index (χ1v) is 8.74. The molecule has 130 valence electrons. The zero-order chi connectivity index (χ0) is 15.9. The fourth-order valence-corrected chi connectivity index (χ4v) is 3.24. The zero-order valence-electron chi connectivity index (χ0n) is 14.3. The first-order chi connectivity index (χ1) is 11.4. The van der Waals surface area contributed by atoms with E-state index in [1.165, 1.54) is 36.6 Å². The van der Waals surface area contributed by atoms with Crippen LogP contribution in [0.15, 0.2) is 41.5 Å². The van der Waals surface area contributed by atoms with Gasteiger partial charge in [0.2, 0.25) is 0 Å². The van der Waals surface area contributed by atoms with Crippen molar-refractivity contribution >= 4 is 40.8 Å². The number of pyridine rings is 1. The summed E-state index contributed by atoms with van der Waals surface area (Å²) < 4.78 is 0. The Kier molecular flexibility index (Phi) is 7.75. The molecule has 0 spiro atoms. The van der Waals surface area contributed by atoms with E-state index in [2.05, 4.69) is 46.8 Å². The van der Waals surface area contributed by atoms with Gasteiger partial charge in [-0.05, 0) is 37.8 Å². The molecule has 1 heterocycles. The predicted molar refractivity (Wildman–Crippen MR) is 112 cm³/mol. The van der Waals surface area contributed by atoms with Crippen LogP contribution in [-0.2, 0) is 6.42 Å². The summed E-state index contributed by atoms with van der Waals surface area (Å²) >= 11 is 0. The van der Waals surface area contributed by atoms with E-state index >= 15 is 0 Å². The number of fused-ring (bicyclic) bond motifs is 1. The van der Waals surface area contributed by atoms with Crippen molar-refractivity contribution in [2.45, 2.75) is 45.1 Å². The molecule has 2 N–H and O–H groups in total. The fourth-order valence-electron chi connectivity index (χ4n) is 3.24. The lowest BCUT2D eigenvalue weighted by atomic mass is 10.1. The second-order valence-electron chi connectivity index (χ2n) is 6.13. The topological polar surface area (TPSA) is 49.3 Å². The molecule has 1 aliphatic rings. The predicted octanol–water partition coefficient (Wildman–Crippen LogP) is 3.89. The highest BCUT2D eigenvalue weighted by molar-refractivity contribution is 14.0. The molecule has 0 aliphatic heterocycles. The van der Waals surface area contributed by atoms with Crippen molar-refractivity contribution in [3.63, 3.8) is 0 Å². The molecule has 5 heteroatoms. The second kappa shape index (κ2) is 9.81. The summed E-state index contributed by atoms with van der Waals surface area (Å²) in [5, 5.41) is 8.12. The quantitative estimate of drug-likeness (QED) is 0.423. The van der Waals surface area contributed by atoms with Gasteiger partial charge in [-0.25, -0.2) is 0 Å². The summed E-state index contributed by atoms with van der Waals surface area (Å²) in [6.07, 6.45) is 7.96. The van der Waals surface area contributed by atoms with Gasteiger partial charge in [-0.2, -0.15) is 0 Å². The third-order valence-corrected chi connectivity index (χ3v) is 4.41. The van der Waals surface area contributed by atoms with Crippen LogP contribution >= 0.6 is 24.0 Å². The van der Waals surface area contributed by atoms with Crippen LogP contribution < -0.4 is 10.6 Å². The van der Waals surface area contributed by atoms with Gasteiger partial charge < -0.3 is 10.6 Å². The van der Waals surface area contributed by atoms with Crippen molar-refractivity contribution in [2.75, 3.05) is 13.1 Å². The number of aromatic nitrogens is 1. The van der Waals surface area contributed by atoms with E-state index in [0.29, 0.717) is 6.04 Å². The molecule has 0 amide bonds. The number of nitrogens with zero attached hydrogens (tertiary/aromatic N) is 2. The van der Waals surface area contributed by atoms with Crippen LogP contribution in [0.25, 0.3) is 10.9 Å². The number of aliphatic imine (C=N–C) groups is 1. The summed E-state index contributed by atoms with van der Waals surface area (Å²) in [6.45, 7) is 3.78. The molecule has 1 aromatic carbocycles. The molecule has 3 rings (SSSR count). The van der Waals surface area contributed by atoms with Gasteiger partial charge in [0.25, 0.3) is 0 Å². The van der Waals surface area contributed by atoms with Crippen molar-refractivity contribution in [1.29, 1.82) is 0 Å². The SMILES string of the molecule is CCNC(=NCCc1cccc2cccnc12)NC1CCCC1.I. The number of halogens is 1. The van der Waals surface area contributed by atoms with Crippen LogP contribution in [0, 0.1) is 0 Å². The van der Waals surface area contributed by atoms with E-state index < -0.39 is 0 Å². The molecule has 24 heavy (non-hydrogen) atoms. The second-order valence-corrected chi connectivity index (χ2v) is 6.13. The Bertz CT molecular complexity index is 660. The van der Waals surface area contributed by atoms with E-state index in [-0.39, 0.29) is 24.0 Å². The molecule has 1 aliphatic carbocycles. The van der Waals surface area contributed by atoms with Gasteiger partial charge >= 0.3 is 0 Å². The molecular formula is C19H27IN4. The monoisotopic (exact) mass is 438 g/mol. The van der Waals surface area contributed by atoms with Gasteiger partial charge in [-0.1, -0.05) is 37.1 Å². The number of rotatable bonds is 5. The van der Waals surface area contributed by atoms with Gasteiger partial charge in [0, 0.05) is 30.7 Å². The number of nitrogens with one attached hydrogen (secondary N) is 2. The summed E-state index contributed by atoms with van der Waals surface area (Å²) in [5.41, 5.74) is 2.36. The van der Waals surface area contributed by atoms with Gasteiger partial charge in [-0.15, -0.1) is 24.0 Å². The Morgan fingerprint density at radius 1 is 1.21 bits per heavy atom. The maximum Gasteiger partial charge on any atom is 0.191 e. The highest BCUT2D eigenvalue weighted by Gasteiger charge is 2.15. The molecule has 1 fully saturated rings. The lowest BCUT2D eigenvalue weighted by molar-refractivity contribution is 0.614. The van der Waals surface area contributed by atoms with Crippen molar-refractivity contribution in [2.24, 2.45) is 4.99 Å². The molecule has 0 unspecified atom stereocenters. The summed E-state index contributed by atoms with van der Waals surface area (Å²) in [5.74, 6) is 0.951. The first-order valence-electron chi connectivity index (χ1n) is 8.74. The van der Waals surface area contributed by atoms with E-state index in [9.17, 15) is 0 Å². The van der Waals surface area contributed by atoms with E-state index in [4.69, 9.17) is 4.99 Å². The Morgan fingerprint density at radius 3 is 2.79 bits per heavy atom. The van der Waals surface area contributed by atoms with Crippen molar-refractivity contribution in [1.82, 2.24) is 15.6 Å².